The van der Waals surface area contributed by atoms with Gasteiger partial charge in [-0.3, -0.25) is 0 Å². The molecule has 0 aliphatic rings. The van der Waals surface area contributed by atoms with Crippen molar-refractivity contribution in [3.8, 4) is 0 Å². The first-order chi connectivity index (χ1) is 1.73. The van der Waals surface area contributed by atoms with Crippen molar-refractivity contribution in [2.75, 3.05) is 0 Å². The second kappa shape index (κ2) is 4.36. The van der Waals surface area contributed by atoms with Gasteiger partial charge in [0.1, 0.15) is 0 Å². The molecule has 0 fully saturated rings. The summed E-state index contributed by atoms with van der Waals surface area (Å²) in [5, 5.41) is 0. The molecule has 1 radical (unpaired) electrons. The van der Waals surface area contributed by atoms with E-state index >= 15 is 0 Å². The molecule has 0 atom stereocenters. The molecule has 0 amide bonds. The molecule has 0 aromatic rings. The normalized spacial score (nSPS) is 4.80. The molecular formula is O3SiTa. The van der Waals surface area contributed by atoms with E-state index in [1.54, 1.807) is 0 Å². The summed E-state index contributed by atoms with van der Waals surface area (Å²) in [5.41, 5.74) is 0. The first-order valence-electron chi connectivity index (χ1n) is 0.612. The summed E-state index contributed by atoms with van der Waals surface area (Å²) in [6, 6.07) is 0. The van der Waals surface area contributed by atoms with Crippen LogP contribution in [-0.2, 0) is 26.8 Å². The van der Waals surface area contributed by atoms with Gasteiger partial charge in [-0.25, -0.2) is 0 Å². The van der Waals surface area contributed by atoms with Crippen molar-refractivity contribution in [3.63, 3.8) is 0 Å². The fourth-order valence-electron chi connectivity index (χ4n) is 0. The summed E-state index contributed by atoms with van der Waals surface area (Å²) in [7, 11) is -3.63. The van der Waals surface area contributed by atoms with Crippen molar-refractivity contribution in [1.29, 1.82) is 0 Å². The van der Waals surface area contributed by atoms with Gasteiger partial charge in [0.25, 0.3) is 0 Å². The van der Waals surface area contributed by atoms with Crippen LogP contribution in [0, 0.1) is 0 Å². The quantitative estimate of drug-likeness (QED) is 0.438. The van der Waals surface area contributed by atoms with Crippen LogP contribution < -0.4 is 9.59 Å². The van der Waals surface area contributed by atoms with Gasteiger partial charge < -0.3 is 14.1 Å². The van der Waals surface area contributed by atoms with E-state index in [4.69, 9.17) is 14.1 Å². The molecule has 0 bridgehead atoms. The third kappa shape index (κ3) is 190. The zero-order valence-electron chi connectivity index (χ0n) is 2.17. The average Bonchev–Trinajstić information content (AvgIpc) is 0.811. The Labute approximate surface area is 46.0 Å². The van der Waals surface area contributed by atoms with Crippen LogP contribution in [0.2, 0.25) is 0 Å². The summed E-state index contributed by atoms with van der Waals surface area (Å²) in [4.78, 5) is 17.0. The summed E-state index contributed by atoms with van der Waals surface area (Å²) in [6.07, 6.45) is 0. The van der Waals surface area contributed by atoms with Gasteiger partial charge in [-0.2, -0.15) is 0 Å². The monoisotopic (exact) mass is 257 g/mol. The van der Waals surface area contributed by atoms with E-state index in [2.05, 4.69) is 0 Å². The fraction of sp³-hybridized carbons (Fsp3) is 0. The van der Waals surface area contributed by atoms with Gasteiger partial charge in [0, 0.05) is 9.17 Å². The van der Waals surface area contributed by atoms with E-state index in [-0.39, 0.29) is 22.4 Å². The van der Waals surface area contributed by atoms with Crippen LogP contribution >= 0.6 is 0 Å². The Morgan fingerprint density at radius 3 is 1.40 bits per heavy atom. The van der Waals surface area contributed by atoms with Crippen LogP contribution in [0.1, 0.15) is 0 Å². The number of hydrogen-bond acceptors (Lipinski definition) is 3. The maximum atomic E-state index is 8.52. The zero-order valence-corrected chi connectivity index (χ0v) is 6.39. The van der Waals surface area contributed by atoms with Gasteiger partial charge in [0.15, 0.2) is 0 Å². The molecule has 0 saturated heterocycles. The summed E-state index contributed by atoms with van der Waals surface area (Å²) >= 11 is 0. The Morgan fingerprint density at radius 2 is 1.40 bits per heavy atom. The van der Waals surface area contributed by atoms with Crippen molar-refractivity contribution in [2.45, 2.75) is 0 Å². The summed E-state index contributed by atoms with van der Waals surface area (Å²) < 4.78 is 8.52. The Morgan fingerprint density at radius 1 is 1.40 bits per heavy atom. The first kappa shape index (κ1) is 9.02. The van der Waals surface area contributed by atoms with Crippen LogP contribution in [0.25, 0.3) is 0 Å². The minimum absolute atomic E-state index is 0. The van der Waals surface area contributed by atoms with Crippen molar-refractivity contribution in [3.05, 3.63) is 0 Å². The summed E-state index contributed by atoms with van der Waals surface area (Å²) in [5.74, 6) is 0. The molecule has 0 spiro atoms. The van der Waals surface area contributed by atoms with E-state index in [0.717, 1.165) is 0 Å². The van der Waals surface area contributed by atoms with Gasteiger partial charge in [0.2, 0.25) is 0 Å². The largest absolute Gasteiger partial charge is 2.00 e. The molecule has 5 heavy (non-hydrogen) atoms. The van der Waals surface area contributed by atoms with Crippen molar-refractivity contribution >= 4 is 9.17 Å². The second-order valence-corrected chi connectivity index (χ2v) is 0.750. The van der Waals surface area contributed by atoms with Gasteiger partial charge in [-0.15, -0.1) is 0 Å². The predicted octanol–water partition coefficient (Wildman–Crippen LogP) is -2.88. The molecule has 0 saturated carbocycles. The van der Waals surface area contributed by atoms with Crippen LogP contribution in [0.5, 0.6) is 0 Å². The summed E-state index contributed by atoms with van der Waals surface area (Å²) in [6.45, 7) is 0. The molecule has 0 N–H and O–H groups in total. The number of rotatable bonds is 0. The van der Waals surface area contributed by atoms with E-state index in [9.17, 15) is 0 Å². The molecule has 0 unspecified atom stereocenters. The minimum Gasteiger partial charge on any atom is -0.672 e. The van der Waals surface area contributed by atoms with E-state index in [1.807, 2.05) is 0 Å². The van der Waals surface area contributed by atoms with E-state index in [0.29, 0.717) is 0 Å². The molecule has 0 aromatic carbocycles. The molecule has 0 heterocycles. The van der Waals surface area contributed by atoms with E-state index in [1.165, 1.54) is 0 Å². The topological polar surface area (TPSA) is 63.2 Å². The predicted molar refractivity (Wildman–Crippen MR) is 6.44 cm³/mol. The fourth-order valence-corrected chi connectivity index (χ4v) is 0. The zero-order chi connectivity index (χ0) is 3.58. The molecule has 3 nitrogen and oxygen atoms in total. The second-order valence-electron chi connectivity index (χ2n) is 0.250. The Bertz CT molecular complexity index is 29.9. The third-order valence-corrected chi connectivity index (χ3v) is 0. The maximum absolute atomic E-state index is 8.52. The first-order valence-corrected chi connectivity index (χ1v) is 1.84. The standard InChI is InChI=1S/O3Si.Ta/c1-4(2)3;/q-2;+2. The molecule has 0 rings (SSSR count). The Kier molecular flexibility index (Phi) is 7.86. The minimum atomic E-state index is -3.63. The Balaban J connectivity index is 0. The van der Waals surface area contributed by atoms with Crippen LogP contribution in [0.15, 0.2) is 0 Å². The van der Waals surface area contributed by atoms with Gasteiger partial charge >= 0.3 is 22.4 Å². The van der Waals surface area contributed by atoms with Crippen LogP contribution in [0.3, 0.4) is 0 Å². The smallest absolute Gasteiger partial charge is 0.672 e. The number of hydrogen-bond donors (Lipinski definition) is 0. The van der Waals surface area contributed by atoms with Crippen LogP contribution in [-0.4, -0.2) is 9.17 Å². The maximum Gasteiger partial charge on any atom is 2.00 e. The van der Waals surface area contributed by atoms with Gasteiger partial charge in [0.05, 0.1) is 0 Å². The van der Waals surface area contributed by atoms with Crippen molar-refractivity contribution in [1.82, 2.24) is 0 Å². The average molecular weight is 257 g/mol. The van der Waals surface area contributed by atoms with Crippen molar-refractivity contribution < 1.29 is 36.4 Å². The van der Waals surface area contributed by atoms with Gasteiger partial charge in [-0.1, -0.05) is 0 Å². The SMILES string of the molecule is O=[Si]([O-])[O-].[Ta+2]. The molecular weight excluding hydrogens is 257 g/mol. The van der Waals surface area contributed by atoms with Crippen LogP contribution in [0.4, 0.5) is 0 Å². The van der Waals surface area contributed by atoms with Gasteiger partial charge in [-0.05, 0) is 0 Å². The molecule has 0 aliphatic carbocycles. The van der Waals surface area contributed by atoms with E-state index < -0.39 is 9.17 Å². The van der Waals surface area contributed by atoms with Crippen molar-refractivity contribution in [2.24, 2.45) is 0 Å². The Hall–Kier alpha value is 0.357. The molecule has 0 aliphatic heterocycles. The third-order valence-electron chi connectivity index (χ3n) is 0. The molecule has 27 valence electrons. The molecule has 5 heteroatoms. The molecule has 0 aromatic heterocycles.